The zero-order valence-corrected chi connectivity index (χ0v) is 15.4. The van der Waals surface area contributed by atoms with Crippen LogP contribution in [0, 0.1) is 11.7 Å². The number of ether oxygens (including phenoxy) is 2. The van der Waals surface area contributed by atoms with Gasteiger partial charge in [-0.05, 0) is 44.2 Å². The van der Waals surface area contributed by atoms with E-state index in [1.165, 1.54) is 32.4 Å². The molecular weight excluding hydrogens is 337 g/mol. The highest BCUT2D eigenvalue weighted by Gasteiger charge is 2.23. The standard InChI is InChI=1S/C19H28FN3O3/c1-25-18-14(11-22-17(24)16-8-5-9-21-16)10-15(20)19(23-18)26-12-13-6-3-2-4-7-13/h10,13,16,21H,2-9,11-12H2,1H3,(H,22,24)/t16-/m0/s1. The maximum absolute atomic E-state index is 14.4. The fourth-order valence-electron chi connectivity index (χ4n) is 3.66. The number of halogens is 1. The van der Waals surface area contributed by atoms with Gasteiger partial charge >= 0.3 is 0 Å². The summed E-state index contributed by atoms with van der Waals surface area (Å²) < 4.78 is 25.3. The molecule has 0 spiro atoms. The van der Waals surface area contributed by atoms with Gasteiger partial charge in [-0.3, -0.25) is 4.79 Å². The van der Waals surface area contributed by atoms with Crippen LogP contribution in [0.25, 0.3) is 0 Å². The highest BCUT2D eigenvalue weighted by atomic mass is 19.1. The van der Waals surface area contributed by atoms with Crippen LogP contribution < -0.4 is 20.1 Å². The van der Waals surface area contributed by atoms with E-state index in [0.717, 1.165) is 32.2 Å². The van der Waals surface area contributed by atoms with Gasteiger partial charge in [0, 0.05) is 12.1 Å². The first-order valence-electron chi connectivity index (χ1n) is 9.54. The zero-order valence-electron chi connectivity index (χ0n) is 15.4. The highest BCUT2D eigenvalue weighted by Crippen LogP contribution is 2.27. The summed E-state index contributed by atoms with van der Waals surface area (Å²) in [5.74, 6) is 0.117. The summed E-state index contributed by atoms with van der Waals surface area (Å²) in [5, 5.41) is 5.95. The van der Waals surface area contributed by atoms with Crippen molar-refractivity contribution in [3.63, 3.8) is 0 Å². The van der Waals surface area contributed by atoms with Crippen LogP contribution in [0.2, 0.25) is 0 Å². The molecule has 1 atom stereocenters. The van der Waals surface area contributed by atoms with Gasteiger partial charge in [-0.2, -0.15) is 4.98 Å². The predicted octanol–water partition coefficient (Wildman–Crippen LogP) is 2.56. The predicted molar refractivity (Wildman–Crippen MR) is 95.7 cm³/mol. The van der Waals surface area contributed by atoms with Crippen molar-refractivity contribution in [3.8, 4) is 11.8 Å². The Bertz CT molecular complexity index is 614. The van der Waals surface area contributed by atoms with Crippen LogP contribution in [0.4, 0.5) is 4.39 Å². The quantitative estimate of drug-likeness (QED) is 0.777. The Morgan fingerprint density at radius 3 is 2.77 bits per heavy atom. The lowest BCUT2D eigenvalue weighted by molar-refractivity contribution is -0.122. The van der Waals surface area contributed by atoms with Crippen LogP contribution in [-0.4, -0.2) is 37.2 Å². The number of hydrogen-bond acceptors (Lipinski definition) is 5. The Balaban J connectivity index is 1.59. The molecular formula is C19H28FN3O3. The Labute approximate surface area is 153 Å². The second-order valence-electron chi connectivity index (χ2n) is 7.13. The van der Waals surface area contributed by atoms with Gasteiger partial charge in [-0.25, -0.2) is 4.39 Å². The van der Waals surface area contributed by atoms with Crippen molar-refractivity contribution >= 4 is 5.91 Å². The third-order valence-electron chi connectivity index (χ3n) is 5.19. The first-order chi connectivity index (χ1) is 12.7. The van der Waals surface area contributed by atoms with Crippen LogP contribution >= 0.6 is 0 Å². The van der Waals surface area contributed by atoms with Gasteiger partial charge in [0.25, 0.3) is 5.88 Å². The smallest absolute Gasteiger partial charge is 0.253 e. The van der Waals surface area contributed by atoms with E-state index in [1.54, 1.807) is 0 Å². The lowest BCUT2D eigenvalue weighted by Crippen LogP contribution is -2.40. The van der Waals surface area contributed by atoms with Gasteiger partial charge in [0.2, 0.25) is 11.8 Å². The molecule has 1 aliphatic carbocycles. The second kappa shape index (κ2) is 9.16. The zero-order chi connectivity index (χ0) is 18.4. The van der Waals surface area contributed by atoms with E-state index in [9.17, 15) is 9.18 Å². The Morgan fingerprint density at radius 2 is 2.08 bits per heavy atom. The number of aromatic nitrogens is 1. The average molecular weight is 365 g/mol. The van der Waals surface area contributed by atoms with E-state index < -0.39 is 5.82 Å². The van der Waals surface area contributed by atoms with E-state index in [0.29, 0.717) is 18.1 Å². The van der Waals surface area contributed by atoms with Crippen molar-refractivity contribution in [2.75, 3.05) is 20.3 Å². The summed E-state index contributed by atoms with van der Waals surface area (Å²) in [6.45, 7) is 1.51. The number of carbonyl (C=O) groups is 1. The molecule has 1 saturated heterocycles. The highest BCUT2D eigenvalue weighted by molar-refractivity contribution is 5.82. The molecule has 2 heterocycles. The summed E-state index contributed by atoms with van der Waals surface area (Å²) in [4.78, 5) is 16.3. The molecule has 0 radical (unpaired) electrons. The minimum absolute atomic E-state index is 0.0278. The molecule has 1 aromatic rings. The molecule has 144 valence electrons. The molecule has 1 aromatic heterocycles. The monoisotopic (exact) mass is 365 g/mol. The second-order valence-corrected chi connectivity index (χ2v) is 7.13. The van der Waals surface area contributed by atoms with Gasteiger partial charge < -0.3 is 20.1 Å². The molecule has 0 aromatic carbocycles. The molecule has 0 bridgehead atoms. The Hall–Kier alpha value is -1.89. The topological polar surface area (TPSA) is 72.5 Å². The van der Waals surface area contributed by atoms with Crippen LogP contribution in [0.15, 0.2) is 6.07 Å². The molecule has 2 fully saturated rings. The number of nitrogens with one attached hydrogen (secondary N) is 2. The summed E-state index contributed by atoms with van der Waals surface area (Å²) in [5.41, 5.74) is 0.501. The Kier molecular flexibility index (Phi) is 6.66. The van der Waals surface area contributed by atoms with Gasteiger partial charge in [-0.15, -0.1) is 0 Å². The van der Waals surface area contributed by atoms with Crippen molar-refractivity contribution in [2.45, 2.75) is 57.5 Å². The Morgan fingerprint density at radius 1 is 1.27 bits per heavy atom. The van der Waals surface area contributed by atoms with E-state index in [1.807, 2.05) is 0 Å². The maximum Gasteiger partial charge on any atom is 0.253 e. The molecule has 0 unspecified atom stereocenters. The van der Waals surface area contributed by atoms with Crippen LogP contribution in [0.3, 0.4) is 0 Å². The van der Waals surface area contributed by atoms with E-state index >= 15 is 0 Å². The van der Waals surface area contributed by atoms with Crippen molar-refractivity contribution in [1.29, 1.82) is 0 Å². The number of carbonyl (C=O) groups excluding carboxylic acids is 1. The first kappa shape index (κ1) is 18.9. The average Bonchev–Trinajstić information content (AvgIpc) is 3.21. The number of rotatable bonds is 7. The third-order valence-corrected chi connectivity index (χ3v) is 5.19. The van der Waals surface area contributed by atoms with Crippen LogP contribution in [-0.2, 0) is 11.3 Å². The van der Waals surface area contributed by atoms with E-state index in [2.05, 4.69) is 15.6 Å². The molecule has 1 aliphatic heterocycles. The minimum atomic E-state index is -0.523. The fraction of sp³-hybridized carbons (Fsp3) is 0.684. The van der Waals surface area contributed by atoms with E-state index in [-0.39, 0.29) is 30.3 Å². The molecule has 1 amide bonds. The van der Waals surface area contributed by atoms with Gasteiger partial charge in [0.15, 0.2) is 5.82 Å². The lowest BCUT2D eigenvalue weighted by Gasteiger charge is -2.21. The first-order valence-corrected chi connectivity index (χ1v) is 9.54. The normalized spacial score (nSPS) is 20.8. The molecule has 6 nitrogen and oxygen atoms in total. The minimum Gasteiger partial charge on any atom is -0.481 e. The summed E-state index contributed by atoms with van der Waals surface area (Å²) in [6, 6.07) is 1.17. The number of nitrogens with zero attached hydrogens (tertiary/aromatic N) is 1. The van der Waals surface area contributed by atoms with Crippen molar-refractivity contribution in [3.05, 3.63) is 17.4 Å². The molecule has 7 heteroatoms. The molecule has 2 aliphatic rings. The van der Waals surface area contributed by atoms with Crippen molar-refractivity contribution < 1.29 is 18.7 Å². The molecule has 1 saturated carbocycles. The molecule has 3 rings (SSSR count). The largest absolute Gasteiger partial charge is 0.481 e. The molecule has 26 heavy (non-hydrogen) atoms. The van der Waals surface area contributed by atoms with Crippen LogP contribution in [0.1, 0.15) is 50.5 Å². The van der Waals surface area contributed by atoms with E-state index in [4.69, 9.17) is 9.47 Å². The van der Waals surface area contributed by atoms with Gasteiger partial charge in [-0.1, -0.05) is 19.3 Å². The summed E-state index contributed by atoms with van der Waals surface area (Å²) in [7, 11) is 1.48. The number of methoxy groups -OCH3 is 1. The lowest BCUT2D eigenvalue weighted by atomic mass is 9.90. The summed E-state index contributed by atoms with van der Waals surface area (Å²) >= 11 is 0. The van der Waals surface area contributed by atoms with Gasteiger partial charge in [0.1, 0.15) is 0 Å². The fourth-order valence-corrected chi connectivity index (χ4v) is 3.66. The maximum atomic E-state index is 14.4. The number of pyridine rings is 1. The molecule has 2 N–H and O–H groups in total. The number of hydrogen-bond donors (Lipinski definition) is 2. The third kappa shape index (κ3) is 4.84. The number of amides is 1. The SMILES string of the molecule is COc1nc(OCC2CCCCC2)c(F)cc1CNC(=O)[C@@H]1CCCN1. The van der Waals surface area contributed by atoms with Crippen LogP contribution in [0.5, 0.6) is 11.8 Å². The summed E-state index contributed by atoms with van der Waals surface area (Å²) in [6.07, 6.45) is 7.75. The van der Waals surface area contributed by atoms with Crippen molar-refractivity contribution in [2.24, 2.45) is 5.92 Å². The van der Waals surface area contributed by atoms with Crippen molar-refractivity contribution in [1.82, 2.24) is 15.6 Å². The van der Waals surface area contributed by atoms with Gasteiger partial charge in [0.05, 0.1) is 19.8 Å².